The number of rotatable bonds is 5. The van der Waals surface area contributed by atoms with Crippen molar-refractivity contribution in [1.82, 2.24) is 0 Å². The Kier molecular flexibility index (Phi) is 4.21. The maximum absolute atomic E-state index is 12.4. The molecule has 1 fully saturated rings. The number of hydrogen-bond acceptors (Lipinski definition) is 2. The van der Waals surface area contributed by atoms with Gasteiger partial charge in [0, 0.05) is 11.6 Å². The fourth-order valence-corrected chi connectivity index (χ4v) is 3.02. The highest BCUT2D eigenvalue weighted by molar-refractivity contribution is 5.95. The van der Waals surface area contributed by atoms with Crippen LogP contribution in [0.15, 0.2) is 84.9 Å². The molecule has 1 amide bonds. The lowest BCUT2D eigenvalue weighted by atomic mass is 10.1. The van der Waals surface area contributed by atoms with Crippen molar-refractivity contribution in [3.05, 3.63) is 90.5 Å². The average Bonchev–Trinajstić information content (AvgIpc) is 3.46. The average molecular weight is 329 g/mol. The predicted octanol–water partition coefficient (Wildman–Crippen LogP) is 5.22. The molecule has 0 saturated heterocycles. The zero-order chi connectivity index (χ0) is 17.1. The molecule has 3 aromatic carbocycles. The summed E-state index contributed by atoms with van der Waals surface area (Å²) in [6, 6.07) is 27.3. The van der Waals surface area contributed by atoms with Gasteiger partial charge in [0.15, 0.2) is 0 Å². The van der Waals surface area contributed by atoms with Gasteiger partial charge in [-0.25, -0.2) is 0 Å². The summed E-state index contributed by atoms with van der Waals surface area (Å²) >= 11 is 0. The van der Waals surface area contributed by atoms with Crippen molar-refractivity contribution in [2.45, 2.75) is 12.3 Å². The summed E-state index contributed by atoms with van der Waals surface area (Å²) in [6.45, 7) is 0. The molecule has 1 aliphatic carbocycles. The number of carbonyl (C=O) groups excluding carboxylic acids is 1. The largest absolute Gasteiger partial charge is 0.457 e. The van der Waals surface area contributed by atoms with E-state index in [2.05, 4.69) is 17.4 Å². The van der Waals surface area contributed by atoms with Crippen molar-refractivity contribution in [2.24, 2.45) is 5.92 Å². The molecule has 3 aromatic rings. The molecule has 0 aliphatic heterocycles. The van der Waals surface area contributed by atoms with Crippen molar-refractivity contribution < 1.29 is 9.53 Å². The molecule has 2 atom stereocenters. The highest BCUT2D eigenvalue weighted by atomic mass is 16.5. The van der Waals surface area contributed by atoms with E-state index in [1.54, 1.807) is 0 Å². The molecule has 25 heavy (non-hydrogen) atoms. The molecule has 1 saturated carbocycles. The first kappa shape index (κ1) is 15.5. The van der Waals surface area contributed by atoms with Crippen LogP contribution >= 0.6 is 0 Å². The lowest BCUT2D eigenvalue weighted by Crippen LogP contribution is -2.14. The molecular formula is C22H19NO2. The van der Waals surface area contributed by atoms with E-state index in [0.29, 0.717) is 5.92 Å². The number of amides is 1. The Labute approximate surface area is 147 Å². The van der Waals surface area contributed by atoms with Gasteiger partial charge in [-0.3, -0.25) is 4.79 Å². The van der Waals surface area contributed by atoms with Gasteiger partial charge >= 0.3 is 0 Å². The van der Waals surface area contributed by atoms with Crippen LogP contribution in [0.3, 0.4) is 0 Å². The highest BCUT2D eigenvalue weighted by Gasteiger charge is 2.43. The van der Waals surface area contributed by atoms with Crippen LogP contribution in [0.25, 0.3) is 0 Å². The Hall–Kier alpha value is -3.07. The van der Waals surface area contributed by atoms with Crippen molar-refractivity contribution >= 4 is 11.6 Å². The summed E-state index contributed by atoms with van der Waals surface area (Å²) < 4.78 is 5.76. The topological polar surface area (TPSA) is 38.3 Å². The summed E-state index contributed by atoms with van der Waals surface area (Å²) in [5, 5.41) is 3.00. The molecule has 0 heterocycles. The van der Waals surface area contributed by atoms with Crippen LogP contribution in [0, 0.1) is 5.92 Å². The number of carbonyl (C=O) groups is 1. The molecule has 1 N–H and O–H groups in total. The van der Waals surface area contributed by atoms with E-state index in [9.17, 15) is 4.79 Å². The zero-order valence-corrected chi connectivity index (χ0v) is 13.8. The minimum atomic E-state index is 0.0719. The maximum Gasteiger partial charge on any atom is 0.228 e. The van der Waals surface area contributed by atoms with E-state index in [0.717, 1.165) is 23.6 Å². The third-order valence-corrected chi connectivity index (χ3v) is 4.46. The predicted molar refractivity (Wildman–Crippen MR) is 98.9 cm³/mol. The van der Waals surface area contributed by atoms with Crippen molar-refractivity contribution in [3.63, 3.8) is 0 Å². The summed E-state index contributed by atoms with van der Waals surface area (Å²) in [5.74, 6) is 2.05. The van der Waals surface area contributed by atoms with E-state index in [1.807, 2.05) is 72.8 Å². The van der Waals surface area contributed by atoms with Crippen LogP contribution in [0.4, 0.5) is 5.69 Å². The SMILES string of the molecule is O=C(Nc1ccc(Oc2ccccc2)cc1)C1CC1c1ccccc1. The van der Waals surface area contributed by atoms with Gasteiger partial charge < -0.3 is 10.1 Å². The summed E-state index contributed by atoms with van der Waals surface area (Å²) in [5.41, 5.74) is 2.04. The number of para-hydroxylation sites is 1. The third kappa shape index (κ3) is 3.72. The third-order valence-electron chi connectivity index (χ3n) is 4.46. The first-order valence-electron chi connectivity index (χ1n) is 8.48. The van der Waals surface area contributed by atoms with Crippen LogP contribution in [0.1, 0.15) is 17.9 Å². The molecular weight excluding hydrogens is 310 g/mol. The Balaban J connectivity index is 1.35. The molecule has 1 aliphatic rings. The first-order valence-corrected chi connectivity index (χ1v) is 8.48. The summed E-state index contributed by atoms with van der Waals surface area (Å²) in [6.07, 6.45) is 0.922. The van der Waals surface area contributed by atoms with Crippen LogP contribution < -0.4 is 10.1 Å². The molecule has 0 radical (unpaired) electrons. The smallest absolute Gasteiger partial charge is 0.228 e. The number of benzene rings is 3. The van der Waals surface area contributed by atoms with Crippen LogP contribution in [0.2, 0.25) is 0 Å². The lowest BCUT2D eigenvalue weighted by Gasteiger charge is -2.08. The normalized spacial score (nSPS) is 18.4. The van der Waals surface area contributed by atoms with Gasteiger partial charge in [0.05, 0.1) is 0 Å². The number of ether oxygens (including phenoxy) is 1. The maximum atomic E-state index is 12.4. The monoisotopic (exact) mass is 329 g/mol. The van der Waals surface area contributed by atoms with Gasteiger partial charge in [-0.1, -0.05) is 48.5 Å². The molecule has 4 rings (SSSR count). The molecule has 3 heteroatoms. The number of anilines is 1. The second-order valence-corrected chi connectivity index (χ2v) is 6.29. The quantitative estimate of drug-likeness (QED) is 0.697. The fraction of sp³-hybridized carbons (Fsp3) is 0.136. The van der Waals surface area contributed by atoms with E-state index in [4.69, 9.17) is 4.74 Å². The molecule has 2 unspecified atom stereocenters. The fourth-order valence-electron chi connectivity index (χ4n) is 3.02. The van der Waals surface area contributed by atoms with E-state index < -0.39 is 0 Å². The molecule has 124 valence electrons. The van der Waals surface area contributed by atoms with Crippen molar-refractivity contribution in [2.75, 3.05) is 5.32 Å². The number of nitrogens with one attached hydrogen (secondary N) is 1. The van der Waals surface area contributed by atoms with E-state index in [-0.39, 0.29) is 11.8 Å². The van der Waals surface area contributed by atoms with Crippen LogP contribution in [-0.2, 0) is 4.79 Å². The zero-order valence-electron chi connectivity index (χ0n) is 13.8. The Morgan fingerprint density at radius 1 is 0.800 bits per heavy atom. The Morgan fingerprint density at radius 2 is 1.40 bits per heavy atom. The minimum Gasteiger partial charge on any atom is -0.457 e. The Morgan fingerprint density at radius 3 is 2.08 bits per heavy atom. The molecule has 0 bridgehead atoms. The Bertz CT molecular complexity index is 844. The van der Waals surface area contributed by atoms with E-state index in [1.165, 1.54) is 5.56 Å². The molecule has 3 nitrogen and oxygen atoms in total. The lowest BCUT2D eigenvalue weighted by molar-refractivity contribution is -0.117. The van der Waals surface area contributed by atoms with Gasteiger partial charge in [-0.05, 0) is 54.3 Å². The summed E-state index contributed by atoms with van der Waals surface area (Å²) in [7, 11) is 0. The molecule has 0 aromatic heterocycles. The highest BCUT2D eigenvalue weighted by Crippen LogP contribution is 2.47. The van der Waals surface area contributed by atoms with Crippen molar-refractivity contribution in [1.29, 1.82) is 0 Å². The van der Waals surface area contributed by atoms with Gasteiger partial charge in [0.25, 0.3) is 0 Å². The van der Waals surface area contributed by atoms with E-state index >= 15 is 0 Å². The number of hydrogen-bond donors (Lipinski definition) is 1. The van der Waals surface area contributed by atoms with Gasteiger partial charge in [-0.15, -0.1) is 0 Å². The van der Waals surface area contributed by atoms with Crippen LogP contribution in [0.5, 0.6) is 11.5 Å². The van der Waals surface area contributed by atoms with Gasteiger partial charge in [0.2, 0.25) is 5.91 Å². The van der Waals surface area contributed by atoms with Gasteiger partial charge in [-0.2, -0.15) is 0 Å². The summed E-state index contributed by atoms with van der Waals surface area (Å²) in [4.78, 5) is 12.4. The standard InChI is InChI=1S/C22H19NO2/c24-22(21-15-20(21)16-7-3-1-4-8-16)23-17-11-13-19(14-12-17)25-18-9-5-2-6-10-18/h1-14,20-21H,15H2,(H,23,24). The second-order valence-electron chi connectivity index (χ2n) is 6.29. The first-order chi connectivity index (χ1) is 12.3. The van der Waals surface area contributed by atoms with Crippen LogP contribution in [-0.4, -0.2) is 5.91 Å². The van der Waals surface area contributed by atoms with Gasteiger partial charge in [0.1, 0.15) is 11.5 Å². The second kappa shape index (κ2) is 6.81. The molecule has 0 spiro atoms. The van der Waals surface area contributed by atoms with Crippen molar-refractivity contribution in [3.8, 4) is 11.5 Å². The minimum absolute atomic E-state index is 0.0719.